The van der Waals surface area contributed by atoms with Crippen LogP contribution in [0.1, 0.15) is 38.8 Å². The number of hydrogen-bond acceptors (Lipinski definition) is 1. The average Bonchev–Trinajstić information content (AvgIpc) is 2.00. The molecule has 1 aliphatic rings. The number of nitrogens with one attached hydrogen (secondary N) is 1. The maximum absolute atomic E-state index is 3.69. The minimum Gasteiger partial charge on any atom is -0.302 e. The third-order valence-electron chi connectivity index (χ3n) is 2.97. The van der Waals surface area contributed by atoms with E-state index in [1.165, 1.54) is 11.1 Å². The Labute approximate surface area is 86.5 Å². The van der Waals surface area contributed by atoms with Gasteiger partial charge in [-0.05, 0) is 45.2 Å². The third kappa shape index (κ3) is 1.57. The van der Waals surface area contributed by atoms with Crippen molar-refractivity contribution < 1.29 is 0 Å². The van der Waals surface area contributed by atoms with Gasteiger partial charge in [0.15, 0.2) is 0 Å². The van der Waals surface area contributed by atoms with Gasteiger partial charge >= 0.3 is 0 Å². The molecule has 14 heavy (non-hydrogen) atoms. The molecule has 0 bridgehead atoms. The van der Waals surface area contributed by atoms with Gasteiger partial charge in [0.25, 0.3) is 0 Å². The van der Waals surface area contributed by atoms with Crippen molar-refractivity contribution in [3.63, 3.8) is 0 Å². The molecule has 1 aromatic carbocycles. The molecule has 1 heteroatoms. The lowest BCUT2D eigenvalue weighted by atomic mass is 9.78. The third-order valence-corrected chi connectivity index (χ3v) is 2.97. The number of benzene rings is 1. The molecular formula is C13H19N. The summed E-state index contributed by atoms with van der Waals surface area (Å²) in [5, 5.41) is 3.69. The van der Waals surface area contributed by atoms with E-state index in [0.29, 0.717) is 0 Å². The smallest absolute Gasteiger partial charge is 0.0384 e. The van der Waals surface area contributed by atoms with Crippen LogP contribution in [0.4, 0.5) is 0 Å². The van der Waals surface area contributed by atoms with Gasteiger partial charge in [0.2, 0.25) is 0 Å². The van der Waals surface area contributed by atoms with Gasteiger partial charge in [-0.3, -0.25) is 0 Å². The quantitative estimate of drug-likeness (QED) is 0.661. The van der Waals surface area contributed by atoms with E-state index in [1.54, 1.807) is 0 Å². The van der Waals surface area contributed by atoms with Gasteiger partial charge in [-0.25, -0.2) is 0 Å². The molecule has 0 aliphatic carbocycles. The van der Waals surface area contributed by atoms with Gasteiger partial charge in [0, 0.05) is 11.1 Å². The molecule has 0 fully saturated rings. The number of hydrogen-bond donors (Lipinski definition) is 1. The van der Waals surface area contributed by atoms with Gasteiger partial charge in [0.05, 0.1) is 0 Å². The van der Waals surface area contributed by atoms with E-state index in [0.717, 1.165) is 6.42 Å². The van der Waals surface area contributed by atoms with E-state index in [1.807, 2.05) is 0 Å². The van der Waals surface area contributed by atoms with Crippen LogP contribution in [-0.2, 0) is 12.0 Å². The first-order valence-corrected chi connectivity index (χ1v) is 5.28. The maximum atomic E-state index is 3.69. The fourth-order valence-corrected chi connectivity index (χ4v) is 2.72. The molecule has 1 aliphatic heterocycles. The van der Waals surface area contributed by atoms with Crippen LogP contribution in [0.15, 0.2) is 24.3 Å². The summed E-state index contributed by atoms with van der Waals surface area (Å²) < 4.78 is 0. The highest BCUT2D eigenvalue weighted by atomic mass is 15.0. The molecule has 0 radical (unpaired) electrons. The van der Waals surface area contributed by atoms with Crippen LogP contribution in [0.5, 0.6) is 0 Å². The van der Waals surface area contributed by atoms with Crippen LogP contribution in [-0.4, -0.2) is 5.54 Å². The normalized spacial score (nSPS) is 22.9. The van der Waals surface area contributed by atoms with Crippen LogP contribution in [0.25, 0.3) is 0 Å². The Morgan fingerprint density at radius 3 is 2.43 bits per heavy atom. The minimum atomic E-state index is 0.0956. The molecule has 0 unspecified atom stereocenters. The second kappa shape index (κ2) is 2.83. The zero-order valence-electron chi connectivity index (χ0n) is 9.52. The fraction of sp³-hybridized carbons (Fsp3) is 0.538. The van der Waals surface area contributed by atoms with Gasteiger partial charge in [-0.1, -0.05) is 24.3 Å². The highest BCUT2D eigenvalue weighted by Gasteiger charge is 2.35. The van der Waals surface area contributed by atoms with Crippen molar-refractivity contribution in [3.8, 4) is 0 Å². The highest BCUT2D eigenvalue weighted by molar-refractivity contribution is 5.37. The molecule has 1 nitrogen and oxygen atoms in total. The summed E-state index contributed by atoms with van der Waals surface area (Å²) in [6, 6.07) is 8.74. The van der Waals surface area contributed by atoms with E-state index < -0.39 is 0 Å². The van der Waals surface area contributed by atoms with Crippen molar-refractivity contribution in [1.82, 2.24) is 5.32 Å². The predicted molar refractivity (Wildman–Crippen MR) is 60.4 cm³/mol. The summed E-state index contributed by atoms with van der Waals surface area (Å²) in [7, 11) is 0. The second-order valence-electron chi connectivity index (χ2n) is 5.47. The van der Waals surface area contributed by atoms with Crippen molar-refractivity contribution in [3.05, 3.63) is 35.4 Å². The first-order valence-electron chi connectivity index (χ1n) is 5.28. The second-order valence-corrected chi connectivity index (χ2v) is 5.47. The van der Waals surface area contributed by atoms with Gasteiger partial charge in [-0.2, -0.15) is 0 Å². The molecule has 0 aromatic heterocycles. The standard InChI is InChI=1S/C13H19N/c1-12(2)9-10-7-5-6-8-11(10)13(3,4)14-12/h5-8,14H,9H2,1-4H3. The lowest BCUT2D eigenvalue weighted by Crippen LogP contribution is -2.55. The van der Waals surface area contributed by atoms with E-state index in [-0.39, 0.29) is 11.1 Å². The van der Waals surface area contributed by atoms with Crippen LogP contribution in [0.3, 0.4) is 0 Å². The summed E-state index contributed by atoms with van der Waals surface area (Å²) in [6.45, 7) is 9.05. The van der Waals surface area contributed by atoms with Crippen molar-refractivity contribution in [2.75, 3.05) is 0 Å². The van der Waals surface area contributed by atoms with Gasteiger partial charge in [0.1, 0.15) is 0 Å². The van der Waals surface area contributed by atoms with E-state index >= 15 is 0 Å². The predicted octanol–water partition coefficient (Wildman–Crippen LogP) is 2.85. The Bertz CT molecular complexity index is 350. The van der Waals surface area contributed by atoms with E-state index in [9.17, 15) is 0 Å². The lowest BCUT2D eigenvalue weighted by Gasteiger charge is -2.44. The molecule has 1 N–H and O–H groups in total. The largest absolute Gasteiger partial charge is 0.302 e. The molecule has 0 amide bonds. The fourth-order valence-electron chi connectivity index (χ4n) is 2.72. The molecule has 0 saturated carbocycles. The molecule has 2 rings (SSSR count). The maximum Gasteiger partial charge on any atom is 0.0384 e. The summed E-state index contributed by atoms with van der Waals surface area (Å²) in [5.41, 5.74) is 3.23. The average molecular weight is 189 g/mol. The topological polar surface area (TPSA) is 12.0 Å². The Kier molecular flexibility index (Phi) is 1.97. The van der Waals surface area contributed by atoms with Crippen LogP contribution in [0.2, 0.25) is 0 Å². The van der Waals surface area contributed by atoms with Crippen molar-refractivity contribution >= 4 is 0 Å². The molecule has 1 heterocycles. The zero-order chi connectivity index (χ0) is 10.4. The van der Waals surface area contributed by atoms with Crippen molar-refractivity contribution in [2.45, 2.75) is 45.2 Å². The zero-order valence-corrected chi connectivity index (χ0v) is 9.52. The van der Waals surface area contributed by atoms with Crippen LogP contribution >= 0.6 is 0 Å². The summed E-state index contributed by atoms with van der Waals surface area (Å²) in [5.74, 6) is 0. The Morgan fingerprint density at radius 2 is 1.71 bits per heavy atom. The summed E-state index contributed by atoms with van der Waals surface area (Å²) in [6.07, 6.45) is 1.12. The van der Waals surface area contributed by atoms with E-state index in [4.69, 9.17) is 0 Å². The Hall–Kier alpha value is -0.820. The molecule has 76 valence electrons. The Morgan fingerprint density at radius 1 is 1.07 bits per heavy atom. The van der Waals surface area contributed by atoms with Crippen LogP contribution in [0, 0.1) is 0 Å². The molecule has 0 saturated heterocycles. The SMILES string of the molecule is CC1(C)Cc2ccccc2C(C)(C)N1. The molecule has 0 atom stereocenters. The monoisotopic (exact) mass is 189 g/mol. The van der Waals surface area contributed by atoms with Gasteiger partial charge < -0.3 is 5.32 Å². The first kappa shape index (κ1) is 9.72. The number of fused-ring (bicyclic) bond motifs is 1. The first-order chi connectivity index (χ1) is 6.41. The Balaban J connectivity index is 2.52. The number of rotatable bonds is 0. The van der Waals surface area contributed by atoms with Crippen molar-refractivity contribution in [2.24, 2.45) is 0 Å². The molecular weight excluding hydrogens is 170 g/mol. The van der Waals surface area contributed by atoms with Gasteiger partial charge in [-0.15, -0.1) is 0 Å². The van der Waals surface area contributed by atoms with Crippen LogP contribution < -0.4 is 5.32 Å². The summed E-state index contributed by atoms with van der Waals surface area (Å²) in [4.78, 5) is 0. The summed E-state index contributed by atoms with van der Waals surface area (Å²) >= 11 is 0. The molecule has 0 spiro atoms. The van der Waals surface area contributed by atoms with E-state index in [2.05, 4.69) is 57.3 Å². The lowest BCUT2D eigenvalue weighted by molar-refractivity contribution is 0.242. The molecule has 1 aromatic rings. The minimum absolute atomic E-state index is 0.0956. The van der Waals surface area contributed by atoms with Crippen molar-refractivity contribution in [1.29, 1.82) is 0 Å². The highest BCUT2D eigenvalue weighted by Crippen LogP contribution is 2.33.